The molecule has 2 N–H and O–H groups in total. The van der Waals surface area contributed by atoms with Gasteiger partial charge in [0.1, 0.15) is 0 Å². The summed E-state index contributed by atoms with van der Waals surface area (Å²) in [6.45, 7) is 0.402. The maximum atomic E-state index is 6.19. The van der Waals surface area contributed by atoms with Crippen molar-refractivity contribution in [2.75, 3.05) is 0 Å². The lowest BCUT2D eigenvalue weighted by atomic mass is 10.00. The molecule has 0 heterocycles. The van der Waals surface area contributed by atoms with Crippen LogP contribution in [0.15, 0.2) is 36.4 Å². The molecule has 0 saturated carbocycles. The van der Waals surface area contributed by atoms with E-state index in [0.29, 0.717) is 21.6 Å². The molecule has 4 heteroatoms. The zero-order valence-electron chi connectivity index (χ0n) is 8.88. The van der Waals surface area contributed by atoms with Crippen molar-refractivity contribution in [2.24, 2.45) is 5.73 Å². The zero-order chi connectivity index (χ0) is 12.4. The van der Waals surface area contributed by atoms with Gasteiger partial charge in [-0.3, -0.25) is 0 Å². The van der Waals surface area contributed by atoms with Crippen LogP contribution in [0.25, 0.3) is 11.1 Å². The molecule has 0 radical (unpaired) electrons. The van der Waals surface area contributed by atoms with Gasteiger partial charge in [-0.25, -0.2) is 0 Å². The molecule has 0 atom stereocenters. The standard InChI is InChI=1S/C13H10Cl3N/c14-9-4-5-10(8(6-9)7-17)11-2-1-3-12(15)13(11)16/h1-6H,7,17H2. The molecule has 0 aliphatic heterocycles. The summed E-state index contributed by atoms with van der Waals surface area (Å²) in [7, 11) is 0. The molecule has 17 heavy (non-hydrogen) atoms. The second kappa shape index (κ2) is 5.28. The van der Waals surface area contributed by atoms with E-state index in [9.17, 15) is 0 Å². The summed E-state index contributed by atoms with van der Waals surface area (Å²) in [5.41, 5.74) is 8.49. The Morgan fingerprint density at radius 3 is 2.41 bits per heavy atom. The Morgan fingerprint density at radius 2 is 1.71 bits per heavy atom. The molecule has 2 aromatic carbocycles. The number of benzene rings is 2. The van der Waals surface area contributed by atoms with E-state index in [1.165, 1.54) is 0 Å². The van der Waals surface area contributed by atoms with Crippen LogP contribution in [-0.4, -0.2) is 0 Å². The highest BCUT2D eigenvalue weighted by Gasteiger charge is 2.10. The van der Waals surface area contributed by atoms with Gasteiger partial charge in [-0.2, -0.15) is 0 Å². The van der Waals surface area contributed by atoms with Crippen molar-refractivity contribution in [3.63, 3.8) is 0 Å². The van der Waals surface area contributed by atoms with Crippen LogP contribution < -0.4 is 5.73 Å². The third kappa shape index (κ3) is 2.58. The second-order valence-corrected chi connectivity index (χ2v) is 4.83. The summed E-state index contributed by atoms with van der Waals surface area (Å²) in [5.74, 6) is 0. The summed E-state index contributed by atoms with van der Waals surface area (Å²) in [6, 6.07) is 11.1. The van der Waals surface area contributed by atoms with Crippen LogP contribution in [0.4, 0.5) is 0 Å². The first kappa shape index (κ1) is 12.7. The van der Waals surface area contributed by atoms with Crippen LogP contribution in [-0.2, 0) is 6.54 Å². The fourth-order valence-electron chi connectivity index (χ4n) is 1.71. The second-order valence-electron chi connectivity index (χ2n) is 3.61. The van der Waals surface area contributed by atoms with E-state index in [1.54, 1.807) is 6.07 Å². The van der Waals surface area contributed by atoms with Crippen molar-refractivity contribution in [3.8, 4) is 11.1 Å². The van der Waals surface area contributed by atoms with E-state index in [4.69, 9.17) is 40.5 Å². The molecule has 0 aromatic heterocycles. The van der Waals surface area contributed by atoms with Crippen LogP contribution >= 0.6 is 34.8 Å². The molecule has 1 nitrogen and oxygen atoms in total. The van der Waals surface area contributed by atoms with Crippen molar-refractivity contribution < 1.29 is 0 Å². The predicted molar refractivity (Wildman–Crippen MR) is 74.8 cm³/mol. The van der Waals surface area contributed by atoms with E-state index in [-0.39, 0.29) is 0 Å². The van der Waals surface area contributed by atoms with Gasteiger partial charge >= 0.3 is 0 Å². The van der Waals surface area contributed by atoms with Gasteiger partial charge in [0.25, 0.3) is 0 Å². The smallest absolute Gasteiger partial charge is 0.0670 e. The van der Waals surface area contributed by atoms with Crippen molar-refractivity contribution in [1.29, 1.82) is 0 Å². The maximum absolute atomic E-state index is 6.19. The summed E-state index contributed by atoms with van der Waals surface area (Å²) in [4.78, 5) is 0. The first-order valence-electron chi connectivity index (χ1n) is 5.06. The molecule has 0 fully saturated rings. The topological polar surface area (TPSA) is 26.0 Å². The molecule has 0 amide bonds. The van der Waals surface area contributed by atoms with Gasteiger partial charge in [0.2, 0.25) is 0 Å². The minimum absolute atomic E-state index is 0.402. The Morgan fingerprint density at radius 1 is 0.941 bits per heavy atom. The molecule has 0 spiro atoms. The molecule has 0 unspecified atom stereocenters. The third-order valence-electron chi connectivity index (χ3n) is 2.53. The van der Waals surface area contributed by atoms with Crippen LogP contribution in [0.1, 0.15) is 5.56 Å². The monoisotopic (exact) mass is 285 g/mol. The lowest BCUT2D eigenvalue weighted by molar-refractivity contribution is 1.07. The fraction of sp³-hybridized carbons (Fsp3) is 0.0769. The first-order chi connectivity index (χ1) is 8.13. The Hall–Kier alpha value is -0.730. The minimum Gasteiger partial charge on any atom is -0.326 e. The van der Waals surface area contributed by atoms with E-state index < -0.39 is 0 Å². The van der Waals surface area contributed by atoms with Gasteiger partial charge in [0.15, 0.2) is 0 Å². The van der Waals surface area contributed by atoms with Crippen molar-refractivity contribution in [2.45, 2.75) is 6.54 Å². The fourth-order valence-corrected chi connectivity index (χ4v) is 2.30. The number of hydrogen-bond donors (Lipinski definition) is 1. The molecule has 2 rings (SSSR count). The minimum atomic E-state index is 0.402. The Balaban J connectivity index is 2.64. The van der Waals surface area contributed by atoms with Gasteiger partial charge in [-0.1, -0.05) is 53.0 Å². The van der Waals surface area contributed by atoms with E-state index in [1.807, 2.05) is 30.3 Å². The quantitative estimate of drug-likeness (QED) is 0.845. The third-order valence-corrected chi connectivity index (χ3v) is 3.58. The van der Waals surface area contributed by atoms with Crippen LogP contribution in [0.5, 0.6) is 0 Å². The summed E-state index contributed by atoms with van der Waals surface area (Å²) in [6.07, 6.45) is 0. The van der Waals surface area contributed by atoms with Gasteiger partial charge in [0, 0.05) is 17.1 Å². The molecule has 88 valence electrons. The summed E-state index contributed by atoms with van der Waals surface area (Å²) in [5, 5.41) is 1.72. The molecule has 0 aliphatic carbocycles. The lowest BCUT2D eigenvalue weighted by Crippen LogP contribution is -1.99. The first-order valence-corrected chi connectivity index (χ1v) is 6.19. The lowest BCUT2D eigenvalue weighted by Gasteiger charge is -2.11. The highest BCUT2D eigenvalue weighted by molar-refractivity contribution is 6.43. The Labute approximate surface area is 115 Å². The average Bonchev–Trinajstić information content (AvgIpc) is 2.33. The van der Waals surface area contributed by atoms with Crippen molar-refractivity contribution >= 4 is 34.8 Å². The molecular weight excluding hydrogens is 277 g/mol. The molecule has 0 saturated heterocycles. The van der Waals surface area contributed by atoms with Crippen LogP contribution in [0.2, 0.25) is 15.1 Å². The summed E-state index contributed by atoms with van der Waals surface area (Å²) < 4.78 is 0. The largest absolute Gasteiger partial charge is 0.326 e. The number of nitrogens with two attached hydrogens (primary N) is 1. The molecule has 0 aliphatic rings. The number of rotatable bonds is 2. The highest BCUT2D eigenvalue weighted by Crippen LogP contribution is 2.35. The average molecular weight is 287 g/mol. The van der Waals surface area contributed by atoms with Crippen LogP contribution in [0, 0.1) is 0 Å². The van der Waals surface area contributed by atoms with Crippen molar-refractivity contribution in [3.05, 3.63) is 57.0 Å². The van der Waals surface area contributed by atoms with Gasteiger partial charge in [-0.15, -0.1) is 0 Å². The number of hydrogen-bond acceptors (Lipinski definition) is 1. The Kier molecular flexibility index (Phi) is 3.95. The molecule has 0 bridgehead atoms. The normalized spacial score (nSPS) is 10.6. The zero-order valence-corrected chi connectivity index (χ0v) is 11.2. The SMILES string of the molecule is NCc1cc(Cl)ccc1-c1cccc(Cl)c1Cl. The molecular formula is C13H10Cl3N. The number of halogens is 3. The van der Waals surface area contributed by atoms with E-state index in [0.717, 1.165) is 16.7 Å². The van der Waals surface area contributed by atoms with E-state index >= 15 is 0 Å². The highest BCUT2D eigenvalue weighted by atomic mass is 35.5. The molecule has 2 aromatic rings. The van der Waals surface area contributed by atoms with Crippen LogP contribution in [0.3, 0.4) is 0 Å². The van der Waals surface area contributed by atoms with E-state index in [2.05, 4.69) is 0 Å². The van der Waals surface area contributed by atoms with Gasteiger partial charge < -0.3 is 5.73 Å². The Bertz CT molecular complexity index is 552. The van der Waals surface area contributed by atoms with Crippen molar-refractivity contribution in [1.82, 2.24) is 0 Å². The predicted octanol–water partition coefficient (Wildman–Crippen LogP) is 4.77. The summed E-state index contributed by atoms with van der Waals surface area (Å²) >= 11 is 18.1. The van der Waals surface area contributed by atoms with Gasteiger partial charge in [-0.05, 0) is 29.3 Å². The maximum Gasteiger partial charge on any atom is 0.0670 e. The van der Waals surface area contributed by atoms with Gasteiger partial charge in [0.05, 0.1) is 10.0 Å².